The molecule has 0 heterocycles. The topological polar surface area (TPSA) is 0 Å². The molecule has 0 unspecified atom stereocenters. The Balaban J connectivity index is -0.00000000500. The van der Waals surface area contributed by atoms with E-state index in [2.05, 4.69) is 14.1 Å². The molecule has 0 aliphatic carbocycles. The zero-order valence-electron chi connectivity index (χ0n) is 1.73. The first-order chi connectivity index (χ1) is 1.00. The van der Waals surface area contributed by atoms with Gasteiger partial charge in [-0.2, -0.15) is 0 Å². The molecule has 0 rings (SSSR count). The molecule has 24 valence electrons. The Morgan fingerprint density at radius 1 is 1.25 bits per heavy atom. The maximum atomic E-state index is 3.39. The summed E-state index contributed by atoms with van der Waals surface area (Å²) in [4.78, 5) is 0. The van der Waals surface area contributed by atoms with Crippen LogP contribution in [-0.4, -0.2) is 52.2 Å². The summed E-state index contributed by atoms with van der Waals surface area (Å²) in [6, 6.07) is 0. The Bertz CT molecular complexity index is 8.00. The fourth-order valence-electron chi connectivity index (χ4n) is 0. The van der Waals surface area contributed by atoms with E-state index < -0.39 is 0 Å². The van der Waals surface area contributed by atoms with Crippen molar-refractivity contribution in [2.24, 2.45) is 0 Å². The van der Waals surface area contributed by atoms with E-state index in [0.717, 1.165) is 14.4 Å². The molecule has 0 amide bonds. The van der Waals surface area contributed by atoms with E-state index in [-0.39, 0.29) is 54.8 Å². The second-order valence-corrected chi connectivity index (χ2v) is 0. The molecule has 0 saturated heterocycles. The first kappa shape index (κ1) is 15.8. The van der Waals surface area contributed by atoms with E-state index in [1.807, 2.05) is 0 Å². The summed E-state index contributed by atoms with van der Waals surface area (Å²) in [6.07, 6.45) is 0. The van der Waals surface area contributed by atoms with Crippen molar-refractivity contribution in [3.8, 4) is 0 Å². The maximum absolute atomic E-state index is 3.39. The largest absolute Gasteiger partial charge is 0 e. The van der Waals surface area contributed by atoms with Gasteiger partial charge in [-0.1, -0.05) is 0 Å². The fourth-order valence-corrected chi connectivity index (χ4v) is 0. The average molecular weight is 182 g/mol. The summed E-state index contributed by atoms with van der Waals surface area (Å²) in [7, 11) is 0. The third-order valence-corrected chi connectivity index (χ3v) is 0. The van der Waals surface area contributed by atoms with Crippen LogP contribution in [0.2, 0.25) is 0 Å². The van der Waals surface area contributed by atoms with Crippen LogP contribution in [0.3, 0.4) is 0 Å². The van der Waals surface area contributed by atoms with E-state index in [0.29, 0.717) is 0 Å². The van der Waals surface area contributed by atoms with Gasteiger partial charge in [-0.05, 0) is 0 Å². The Labute approximate surface area is 81.7 Å². The fraction of sp³-hybridized carbons (Fsp3) is 0. The van der Waals surface area contributed by atoms with Gasteiger partial charge in [-0.15, -0.1) is 0 Å². The second kappa shape index (κ2) is 17.0. The molecule has 0 aliphatic heterocycles. The summed E-state index contributed by atoms with van der Waals surface area (Å²) < 4.78 is 0. The van der Waals surface area contributed by atoms with Gasteiger partial charge in [0, 0.05) is 17.1 Å². The monoisotopic (exact) mass is 182 g/mol. The van der Waals surface area contributed by atoms with Crippen LogP contribution in [0, 0.1) is 0 Å². The molecule has 0 bridgehead atoms. The number of hydrogen-bond donors (Lipinski definition) is 0. The van der Waals surface area contributed by atoms with Crippen LogP contribution in [0.4, 0.5) is 0 Å². The van der Waals surface area contributed by atoms with Crippen LogP contribution in [0.1, 0.15) is 0 Å². The Hall–Kier alpha value is 2.83. The minimum atomic E-state index is 0. The molecule has 4 heavy (non-hydrogen) atoms. The van der Waals surface area contributed by atoms with Crippen molar-refractivity contribution >= 4 is 52.2 Å². The standard InChI is InChI=1S/Al.Ca.Fe.Mn.4H. The third-order valence-electron chi connectivity index (χ3n) is 0. The van der Waals surface area contributed by atoms with Gasteiger partial charge in [0.2, 0.25) is 0 Å². The molecule has 0 nitrogen and oxygen atoms in total. The van der Waals surface area contributed by atoms with Crippen LogP contribution >= 0.6 is 0 Å². The first-order valence-corrected chi connectivity index (χ1v) is 4.37. The molecule has 1 radical (unpaired) electrons. The van der Waals surface area contributed by atoms with E-state index in [1.165, 1.54) is 0 Å². The van der Waals surface area contributed by atoms with Crippen molar-refractivity contribution in [2.45, 2.75) is 0 Å². The summed E-state index contributed by atoms with van der Waals surface area (Å²) >= 11 is 4.44. The Morgan fingerprint density at radius 2 is 1.25 bits per heavy atom. The number of hydrogen-bond acceptors (Lipinski definition) is 0. The Kier molecular flexibility index (Phi) is 67.2. The molecular formula is H4AlCaFeMn. The van der Waals surface area contributed by atoms with E-state index in [1.54, 1.807) is 0 Å². The molecular weight excluding hydrogens is 178 g/mol. The van der Waals surface area contributed by atoms with Crippen molar-refractivity contribution in [1.82, 2.24) is 0 Å². The molecule has 0 aliphatic rings. The molecule has 0 aromatic heterocycles. The van der Waals surface area contributed by atoms with E-state index in [4.69, 9.17) is 0 Å². The molecule has 0 N–H and O–H groups in total. The van der Waals surface area contributed by atoms with Gasteiger partial charge in [0.1, 0.15) is 0 Å². The second-order valence-electron chi connectivity index (χ2n) is 0. The van der Waals surface area contributed by atoms with Crippen LogP contribution in [0.5, 0.6) is 0 Å². The summed E-state index contributed by atoms with van der Waals surface area (Å²) in [5, 5.41) is 0. The van der Waals surface area contributed by atoms with Gasteiger partial charge in [0.05, 0.1) is 0 Å². The minimum Gasteiger partial charge on any atom is 0 e. The van der Waals surface area contributed by atoms with Gasteiger partial charge < -0.3 is 0 Å². The third kappa shape index (κ3) is 8.85. The van der Waals surface area contributed by atoms with E-state index in [9.17, 15) is 0 Å². The van der Waals surface area contributed by atoms with Gasteiger partial charge in [0.25, 0.3) is 0 Å². The van der Waals surface area contributed by atoms with Crippen molar-refractivity contribution in [3.05, 3.63) is 0 Å². The predicted octanol–water partition coefficient (Wildman–Crippen LogP) is -1.84. The van der Waals surface area contributed by atoms with Crippen LogP contribution in [0.15, 0.2) is 0 Å². The van der Waals surface area contributed by atoms with Crippen molar-refractivity contribution in [3.63, 3.8) is 0 Å². The van der Waals surface area contributed by atoms with Crippen molar-refractivity contribution < 1.29 is 31.2 Å². The van der Waals surface area contributed by atoms with Crippen LogP contribution in [0.25, 0.3) is 0 Å². The first-order valence-electron chi connectivity index (χ1n) is 0.354. The quantitative estimate of drug-likeness (QED) is 0.386. The summed E-state index contributed by atoms with van der Waals surface area (Å²) in [6.45, 7) is 0. The minimum absolute atomic E-state index is 0. The molecule has 0 aromatic carbocycles. The maximum Gasteiger partial charge on any atom is 0 e. The predicted molar refractivity (Wildman–Crippen MR) is 17.1 cm³/mol. The smallest absolute Gasteiger partial charge is 0 e. The molecule has 0 atom stereocenters. The van der Waals surface area contributed by atoms with Crippen molar-refractivity contribution in [2.75, 3.05) is 0 Å². The molecule has 0 spiro atoms. The van der Waals surface area contributed by atoms with Gasteiger partial charge in [-0.3, -0.25) is 0 Å². The van der Waals surface area contributed by atoms with Gasteiger partial charge in [0.15, 0.2) is 0 Å². The van der Waals surface area contributed by atoms with Crippen LogP contribution < -0.4 is 0 Å². The summed E-state index contributed by atoms with van der Waals surface area (Å²) in [5.41, 5.74) is 0. The SMILES string of the molecule is [AlH2][Fe].[CaH2].[Mn]. The summed E-state index contributed by atoms with van der Waals surface area (Å²) in [5.74, 6) is 0. The molecule has 4 heteroatoms. The van der Waals surface area contributed by atoms with E-state index >= 15 is 0 Å². The average Bonchev–Trinajstić information content (AvgIpc) is 1.00. The van der Waals surface area contributed by atoms with Gasteiger partial charge >= 0.3 is 66.3 Å². The molecule has 0 fully saturated rings. The zero-order valence-corrected chi connectivity index (χ0v) is 6.02. The Morgan fingerprint density at radius 3 is 1.25 bits per heavy atom. The molecule has 0 aromatic rings. The molecule has 0 saturated carbocycles. The normalized spacial score (nSPS) is 1.25. The van der Waals surface area contributed by atoms with Crippen LogP contribution in [-0.2, 0) is 31.2 Å². The van der Waals surface area contributed by atoms with Gasteiger partial charge in [-0.25, -0.2) is 0 Å². The number of rotatable bonds is 0. The van der Waals surface area contributed by atoms with Crippen molar-refractivity contribution in [1.29, 1.82) is 0 Å². The zero-order chi connectivity index (χ0) is 2.00.